The average Bonchev–Trinajstić information content (AvgIpc) is 3.32. The number of aliphatic hydroxyl groups is 5. The van der Waals surface area contributed by atoms with E-state index in [1.165, 1.54) is 7.11 Å². The van der Waals surface area contributed by atoms with E-state index < -0.39 is 61.3 Å². The van der Waals surface area contributed by atoms with Gasteiger partial charge in [-0.05, 0) is 24.5 Å². The van der Waals surface area contributed by atoms with Crippen molar-refractivity contribution in [3.8, 4) is 0 Å². The van der Waals surface area contributed by atoms with Crippen LogP contribution in [-0.4, -0.2) is 98.6 Å². The summed E-state index contributed by atoms with van der Waals surface area (Å²) in [6.45, 7) is 3.95. The summed E-state index contributed by atoms with van der Waals surface area (Å²) in [5.74, 6) is -1.81. The molecule has 0 spiro atoms. The molecule has 38 heavy (non-hydrogen) atoms. The van der Waals surface area contributed by atoms with Crippen molar-refractivity contribution in [2.75, 3.05) is 20.3 Å². The molecular formula is C27H34N2O9. The molecule has 3 aliphatic heterocycles. The van der Waals surface area contributed by atoms with Gasteiger partial charge in [0.1, 0.15) is 30.6 Å². The number of benzene rings is 1. The number of aliphatic hydroxyl groups excluding tert-OH is 5. The predicted molar refractivity (Wildman–Crippen MR) is 135 cm³/mol. The van der Waals surface area contributed by atoms with E-state index in [9.17, 15) is 30.3 Å². The van der Waals surface area contributed by atoms with Crippen LogP contribution in [-0.2, 0) is 25.4 Å². The number of esters is 1. The van der Waals surface area contributed by atoms with Crippen molar-refractivity contribution in [3.63, 3.8) is 0 Å². The molecule has 206 valence electrons. The minimum absolute atomic E-state index is 0.0580. The van der Waals surface area contributed by atoms with Crippen LogP contribution in [0.25, 0.3) is 10.9 Å². The van der Waals surface area contributed by atoms with E-state index in [2.05, 4.69) is 22.5 Å². The second-order valence-electron chi connectivity index (χ2n) is 10.0. The zero-order valence-corrected chi connectivity index (χ0v) is 21.0. The summed E-state index contributed by atoms with van der Waals surface area (Å²) < 4.78 is 16.9. The van der Waals surface area contributed by atoms with Crippen molar-refractivity contribution in [2.45, 2.75) is 55.8 Å². The Morgan fingerprint density at radius 3 is 2.68 bits per heavy atom. The van der Waals surface area contributed by atoms with Gasteiger partial charge in [0, 0.05) is 35.0 Å². The summed E-state index contributed by atoms with van der Waals surface area (Å²) >= 11 is 0. The fourth-order valence-corrected chi connectivity index (χ4v) is 6.23. The van der Waals surface area contributed by atoms with Crippen LogP contribution < -0.4 is 0 Å². The summed E-state index contributed by atoms with van der Waals surface area (Å²) in [6.07, 6.45) is -4.54. The quantitative estimate of drug-likeness (QED) is 0.135. The molecule has 0 aliphatic carbocycles. The van der Waals surface area contributed by atoms with E-state index in [-0.39, 0.29) is 11.6 Å². The van der Waals surface area contributed by atoms with Gasteiger partial charge in [-0.2, -0.15) is 0 Å². The van der Waals surface area contributed by atoms with Crippen LogP contribution in [0.3, 0.4) is 0 Å². The number of hydrogen-bond acceptors (Lipinski definition) is 10. The van der Waals surface area contributed by atoms with Gasteiger partial charge in [0.2, 0.25) is 0 Å². The molecule has 1 aromatic heterocycles. The lowest BCUT2D eigenvalue weighted by Crippen LogP contribution is -2.62. The highest BCUT2D eigenvalue weighted by Gasteiger charge is 2.51. The number of H-pyrrole nitrogens is 1. The largest absolute Gasteiger partial charge is 0.515 e. The van der Waals surface area contributed by atoms with Crippen LogP contribution in [0.15, 0.2) is 48.8 Å². The smallest absolute Gasteiger partial charge is 0.337 e. The molecule has 5 rings (SSSR count). The topological polar surface area (TPSA) is 165 Å². The average molecular weight is 531 g/mol. The highest BCUT2D eigenvalue weighted by molar-refractivity contribution is 5.89. The van der Waals surface area contributed by atoms with Gasteiger partial charge in [0.15, 0.2) is 6.29 Å². The van der Waals surface area contributed by atoms with Crippen molar-refractivity contribution < 1.29 is 44.5 Å². The number of nitrogens with zero attached hydrogens (tertiary/aromatic N) is 1. The molecule has 4 heterocycles. The van der Waals surface area contributed by atoms with E-state index in [4.69, 9.17) is 14.2 Å². The molecule has 3 aliphatic rings. The number of methoxy groups -OCH3 is 1. The second kappa shape index (κ2) is 10.8. The lowest BCUT2D eigenvalue weighted by Gasteiger charge is -2.52. The van der Waals surface area contributed by atoms with Crippen molar-refractivity contribution >= 4 is 16.9 Å². The molecule has 11 heteroatoms. The number of ether oxygens (including phenoxy) is 3. The van der Waals surface area contributed by atoms with Gasteiger partial charge in [0.05, 0.1) is 31.6 Å². The Labute approximate surface area is 219 Å². The first-order valence-electron chi connectivity index (χ1n) is 12.7. The molecule has 11 nitrogen and oxygen atoms in total. The first kappa shape index (κ1) is 26.8. The van der Waals surface area contributed by atoms with Gasteiger partial charge in [-0.1, -0.05) is 24.3 Å². The zero-order chi connectivity index (χ0) is 27.1. The molecule has 0 radical (unpaired) electrons. The van der Waals surface area contributed by atoms with Crippen LogP contribution >= 0.6 is 0 Å². The Balaban J connectivity index is 1.56. The number of piperidine rings is 1. The summed E-state index contributed by atoms with van der Waals surface area (Å²) in [7, 11) is 1.24. The minimum atomic E-state index is -1.60. The van der Waals surface area contributed by atoms with Gasteiger partial charge >= 0.3 is 5.97 Å². The van der Waals surface area contributed by atoms with Crippen LogP contribution in [0.4, 0.5) is 0 Å². The van der Waals surface area contributed by atoms with Gasteiger partial charge in [-0.25, -0.2) is 4.79 Å². The third-order valence-electron chi connectivity index (χ3n) is 8.15. The molecular weight excluding hydrogens is 496 g/mol. The Morgan fingerprint density at radius 2 is 2.00 bits per heavy atom. The number of carbonyl (C=O) groups is 1. The zero-order valence-electron chi connectivity index (χ0n) is 21.0. The Morgan fingerprint density at radius 1 is 1.24 bits per heavy atom. The minimum Gasteiger partial charge on any atom is -0.515 e. The van der Waals surface area contributed by atoms with E-state index in [0.717, 1.165) is 28.4 Å². The van der Waals surface area contributed by atoms with E-state index in [1.807, 2.05) is 18.2 Å². The van der Waals surface area contributed by atoms with Gasteiger partial charge in [-0.15, -0.1) is 6.58 Å². The Hall–Kier alpha value is -2.77. The molecule has 1 aromatic carbocycles. The van der Waals surface area contributed by atoms with E-state index in [0.29, 0.717) is 19.4 Å². The van der Waals surface area contributed by atoms with Crippen LogP contribution in [0, 0.1) is 11.8 Å². The number of rotatable bonds is 6. The number of nitrogens with one attached hydrogen (secondary N) is 1. The monoisotopic (exact) mass is 530 g/mol. The fraction of sp³-hybridized carbons (Fsp3) is 0.519. The SMILES string of the molecule is C=C[C@H]1[C@@H](/C(=C/O)C(=O)OC)CC2c3[nH]c4ccccc4c3CCN2[C@H]1O[C@@H]1O[C@H](CO)[C@@H](O)[C@H](O)[C@H]1O. The standard InChI is InChI=1S/C27H34N2O9/c1-3-13-16(17(11-30)26(35)36-2)10-19-21-15(14-6-4-5-7-18(14)28-21)8-9-29(19)25(13)38-27-24(34)23(33)22(32)20(12-31)37-27/h3-7,11,13,16,19-20,22-25,27-28,30-34H,1,8-10,12H2,2H3/b17-11-/t13-,16-,19?,20+,22+,23-,24+,25-,27-/m0/s1. The van der Waals surface area contributed by atoms with E-state index >= 15 is 0 Å². The highest BCUT2D eigenvalue weighted by Crippen LogP contribution is 2.49. The fourth-order valence-electron chi connectivity index (χ4n) is 6.23. The third kappa shape index (κ3) is 4.34. The Bertz CT molecular complexity index is 1210. The maximum absolute atomic E-state index is 12.7. The number of aromatic amines is 1. The first-order valence-corrected chi connectivity index (χ1v) is 12.7. The molecule has 0 bridgehead atoms. The molecule has 9 atom stereocenters. The summed E-state index contributed by atoms with van der Waals surface area (Å²) in [4.78, 5) is 18.3. The molecule has 0 amide bonds. The van der Waals surface area contributed by atoms with Gasteiger partial charge < -0.3 is 44.7 Å². The van der Waals surface area contributed by atoms with Gasteiger partial charge in [0.25, 0.3) is 0 Å². The number of para-hydroxylation sites is 1. The summed E-state index contributed by atoms with van der Waals surface area (Å²) in [6, 6.07) is 7.73. The highest BCUT2D eigenvalue weighted by atomic mass is 16.7. The number of aromatic nitrogens is 1. The summed E-state index contributed by atoms with van der Waals surface area (Å²) in [5, 5.41) is 52.1. The lowest BCUT2D eigenvalue weighted by molar-refractivity contribution is -0.333. The van der Waals surface area contributed by atoms with E-state index in [1.54, 1.807) is 6.08 Å². The van der Waals surface area contributed by atoms with Gasteiger partial charge in [-0.3, -0.25) is 4.90 Å². The molecule has 1 unspecified atom stereocenters. The molecule has 2 aromatic rings. The molecule has 2 fully saturated rings. The second-order valence-corrected chi connectivity index (χ2v) is 10.0. The van der Waals surface area contributed by atoms with Crippen molar-refractivity contribution in [1.82, 2.24) is 9.88 Å². The maximum atomic E-state index is 12.7. The van der Waals surface area contributed by atoms with Crippen LogP contribution in [0.1, 0.15) is 23.7 Å². The number of fused-ring (bicyclic) bond motifs is 5. The van der Waals surface area contributed by atoms with Crippen molar-refractivity contribution in [1.29, 1.82) is 0 Å². The Kier molecular flexibility index (Phi) is 7.60. The molecule has 6 N–H and O–H groups in total. The molecule has 0 saturated carbocycles. The lowest BCUT2D eigenvalue weighted by atomic mass is 9.74. The first-order chi connectivity index (χ1) is 18.3. The number of hydrogen-bond donors (Lipinski definition) is 6. The molecule has 2 saturated heterocycles. The third-order valence-corrected chi connectivity index (χ3v) is 8.15. The van der Waals surface area contributed by atoms with Crippen molar-refractivity contribution in [3.05, 3.63) is 60.0 Å². The van der Waals surface area contributed by atoms with Crippen LogP contribution in [0.5, 0.6) is 0 Å². The predicted octanol–water partition coefficient (Wildman–Crippen LogP) is 0.647. The maximum Gasteiger partial charge on any atom is 0.337 e. The normalized spacial score (nSPS) is 35.9. The van der Waals surface area contributed by atoms with Crippen LogP contribution in [0.2, 0.25) is 0 Å². The van der Waals surface area contributed by atoms with Crippen molar-refractivity contribution in [2.24, 2.45) is 11.8 Å². The summed E-state index contributed by atoms with van der Waals surface area (Å²) in [5.41, 5.74) is 3.17. The number of carbonyl (C=O) groups excluding carboxylic acids is 1.